The third kappa shape index (κ3) is 2.84. The molecule has 1 heterocycles. The Morgan fingerprint density at radius 1 is 1.14 bits per heavy atom. The quantitative estimate of drug-likeness (QED) is 0.810. The van der Waals surface area contributed by atoms with Crippen molar-refractivity contribution in [2.45, 2.75) is 32.2 Å². The van der Waals surface area contributed by atoms with E-state index in [-0.39, 0.29) is 24.8 Å². The highest BCUT2D eigenvalue weighted by Crippen LogP contribution is 2.19. The van der Waals surface area contributed by atoms with E-state index in [0.717, 1.165) is 12.1 Å². The van der Waals surface area contributed by atoms with Crippen LogP contribution in [0.25, 0.3) is 0 Å². The first-order chi connectivity index (χ1) is 5.90. The maximum Gasteiger partial charge on any atom is 0.0543 e. The molecule has 0 radical (unpaired) electrons. The zero-order valence-electron chi connectivity index (χ0n) is 8.03. The molecule has 0 spiro atoms. The lowest BCUT2D eigenvalue weighted by molar-refractivity contribution is 0.663. The minimum Gasteiger partial charge on any atom is -0.325 e. The minimum atomic E-state index is 0. The highest BCUT2D eigenvalue weighted by molar-refractivity contribution is 5.85. The number of rotatable bonds is 1. The summed E-state index contributed by atoms with van der Waals surface area (Å²) in [6.45, 7) is 0.563. The predicted octanol–water partition coefficient (Wildman–Crippen LogP) is 2.26. The van der Waals surface area contributed by atoms with E-state index in [4.69, 9.17) is 5.73 Å². The SMILES string of the molecule is Cl.Cl.NCc1ccc2c(n1)CCCC2. The minimum absolute atomic E-state index is 0. The van der Waals surface area contributed by atoms with Crippen LogP contribution in [-0.2, 0) is 19.4 Å². The lowest BCUT2D eigenvalue weighted by Crippen LogP contribution is -2.08. The Balaban J connectivity index is 0.000000845. The number of halogens is 2. The fourth-order valence-electron chi connectivity index (χ4n) is 1.74. The van der Waals surface area contributed by atoms with Crippen LogP contribution in [0.1, 0.15) is 29.8 Å². The number of aromatic nitrogens is 1. The van der Waals surface area contributed by atoms with Gasteiger partial charge in [0.15, 0.2) is 0 Å². The molecule has 14 heavy (non-hydrogen) atoms. The Hall–Kier alpha value is -0.310. The Morgan fingerprint density at radius 2 is 1.86 bits per heavy atom. The van der Waals surface area contributed by atoms with Gasteiger partial charge in [-0.15, -0.1) is 24.8 Å². The zero-order chi connectivity index (χ0) is 8.39. The Morgan fingerprint density at radius 3 is 2.57 bits per heavy atom. The number of fused-ring (bicyclic) bond motifs is 1. The van der Waals surface area contributed by atoms with Crippen LogP contribution in [0.2, 0.25) is 0 Å². The molecule has 0 amide bonds. The van der Waals surface area contributed by atoms with Crippen molar-refractivity contribution >= 4 is 24.8 Å². The molecule has 0 bridgehead atoms. The molecule has 80 valence electrons. The number of hydrogen-bond acceptors (Lipinski definition) is 2. The molecule has 2 rings (SSSR count). The van der Waals surface area contributed by atoms with Crippen LogP contribution in [0.3, 0.4) is 0 Å². The summed E-state index contributed by atoms with van der Waals surface area (Å²) >= 11 is 0. The summed E-state index contributed by atoms with van der Waals surface area (Å²) in [5.41, 5.74) is 9.25. The van der Waals surface area contributed by atoms with Crippen molar-refractivity contribution in [2.24, 2.45) is 5.73 Å². The highest BCUT2D eigenvalue weighted by Gasteiger charge is 2.09. The van der Waals surface area contributed by atoms with Gasteiger partial charge in [-0.25, -0.2) is 0 Å². The van der Waals surface area contributed by atoms with Crippen LogP contribution >= 0.6 is 24.8 Å². The fourth-order valence-corrected chi connectivity index (χ4v) is 1.74. The molecule has 0 fully saturated rings. The molecule has 0 atom stereocenters. The van der Waals surface area contributed by atoms with E-state index in [2.05, 4.69) is 11.1 Å². The first-order valence-corrected chi connectivity index (χ1v) is 4.58. The Kier molecular flexibility index (Phi) is 6.09. The zero-order valence-corrected chi connectivity index (χ0v) is 9.66. The topological polar surface area (TPSA) is 38.9 Å². The third-order valence-corrected chi connectivity index (χ3v) is 2.44. The van der Waals surface area contributed by atoms with Gasteiger partial charge >= 0.3 is 0 Å². The Labute approximate surface area is 97.1 Å². The summed E-state index contributed by atoms with van der Waals surface area (Å²) in [5.74, 6) is 0. The van der Waals surface area contributed by atoms with E-state index in [0.29, 0.717) is 6.54 Å². The van der Waals surface area contributed by atoms with Crippen molar-refractivity contribution in [2.75, 3.05) is 0 Å². The average molecular weight is 235 g/mol. The second-order valence-corrected chi connectivity index (χ2v) is 3.32. The molecule has 4 heteroatoms. The van der Waals surface area contributed by atoms with Gasteiger partial charge in [0.1, 0.15) is 0 Å². The highest BCUT2D eigenvalue weighted by atomic mass is 35.5. The van der Waals surface area contributed by atoms with Gasteiger partial charge < -0.3 is 5.73 Å². The van der Waals surface area contributed by atoms with E-state index in [1.54, 1.807) is 0 Å². The lowest BCUT2D eigenvalue weighted by atomic mass is 9.96. The molecular formula is C10H16Cl2N2. The normalized spacial score (nSPS) is 13.5. The van der Waals surface area contributed by atoms with Gasteiger partial charge in [-0.05, 0) is 37.3 Å². The Bertz CT molecular complexity index is 289. The predicted molar refractivity (Wildman–Crippen MR) is 63.3 cm³/mol. The van der Waals surface area contributed by atoms with Gasteiger partial charge in [0.25, 0.3) is 0 Å². The molecule has 0 saturated heterocycles. The second-order valence-electron chi connectivity index (χ2n) is 3.32. The van der Waals surface area contributed by atoms with E-state index in [1.165, 1.54) is 30.5 Å². The summed E-state index contributed by atoms with van der Waals surface area (Å²) in [7, 11) is 0. The molecule has 2 N–H and O–H groups in total. The molecule has 0 aromatic carbocycles. The van der Waals surface area contributed by atoms with Crippen LogP contribution in [0, 0.1) is 0 Å². The van der Waals surface area contributed by atoms with E-state index in [1.807, 2.05) is 6.07 Å². The molecule has 0 aliphatic heterocycles. The summed E-state index contributed by atoms with van der Waals surface area (Å²) < 4.78 is 0. The monoisotopic (exact) mass is 234 g/mol. The van der Waals surface area contributed by atoms with E-state index >= 15 is 0 Å². The molecule has 0 unspecified atom stereocenters. The van der Waals surface area contributed by atoms with Crippen LogP contribution in [0.15, 0.2) is 12.1 Å². The van der Waals surface area contributed by atoms with Gasteiger partial charge in [-0.3, -0.25) is 4.98 Å². The van der Waals surface area contributed by atoms with E-state index < -0.39 is 0 Å². The van der Waals surface area contributed by atoms with E-state index in [9.17, 15) is 0 Å². The fraction of sp³-hybridized carbons (Fsp3) is 0.500. The number of hydrogen-bond donors (Lipinski definition) is 1. The lowest BCUT2D eigenvalue weighted by Gasteiger charge is -2.14. The van der Waals surface area contributed by atoms with Crippen molar-refractivity contribution in [3.05, 3.63) is 29.1 Å². The third-order valence-electron chi connectivity index (χ3n) is 2.44. The largest absolute Gasteiger partial charge is 0.325 e. The summed E-state index contributed by atoms with van der Waals surface area (Å²) in [5, 5.41) is 0. The standard InChI is InChI=1S/C10H14N2.2ClH/c11-7-9-6-5-8-3-1-2-4-10(8)12-9;;/h5-6H,1-4,7,11H2;2*1H. The van der Waals surface area contributed by atoms with Crippen LogP contribution in [-0.4, -0.2) is 4.98 Å². The van der Waals surface area contributed by atoms with Crippen molar-refractivity contribution in [3.63, 3.8) is 0 Å². The van der Waals surface area contributed by atoms with Gasteiger partial charge in [0.05, 0.1) is 5.69 Å². The average Bonchev–Trinajstić information content (AvgIpc) is 2.17. The van der Waals surface area contributed by atoms with Gasteiger partial charge in [-0.1, -0.05) is 6.07 Å². The summed E-state index contributed by atoms with van der Waals surface area (Å²) in [4.78, 5) is 4.51. The molecule has 2 nitrogen and oxygen atoms in total. The maximum absolute atomic E-state index is 5.52. The smallest absolute Gasteiger partial charge is 0.0543 e. The van der Waals surface area contributed by atoms with Gasteiger partial charge in [0.2, 0.25) is 0 Å². The van der Waals surface area contributed by atoms with Gasteiger partial charge in [0, 0.05) is 12.2 Å². The van der Waals surface area contributed by atoms with Crippen molar-refractivity contribution in [1.82, 2.24) is 4.98 Å². The molecule has 0 saturated carbocycles. The number of aryl methyl sites for hydroxylation is 2. The summed E-state index contributed by atoms with van der Waals surface area (Å²) in [6.07, 6.45) is 4.95. The first kappa shape index (κ1) is 13.7. The summed E-state index contributed by atoms with van der Waals surface area (Å²) in [6, 6.07) is 4.23. The molecule has 1 aliphatic carbocycles. The van der Waals surface area contributed by atoms with Crippen molar-refractivity contribution in [1.29, 1.82) is 0 Å². The number of nitrogens with zero attached hydrogens (tertiary/aromatic N) is 1. The van der Waals surface area contributed by atoms with Crippen LogP contribution in [0.5, 0.6) is 0 Å². The molecule has 1 aromatic rings. The first-order valence-electron chi connectivity index (χ1n) is 4.58. The molecule has 1 aliphatic rings. The van der Waals surface area contributed by atoms with Crippen molar-refractivity contribution < 1.29 is 0 Å². The second kappa shape index (κ2) is 6.23. The number of nitrogens with two attached hydrogens (primary N) is 1. The van der Waals surface area contributed by atoms with Crippen LogP contribution in [0.4, 0.5) is 0 Å². The maximum atomic E-state index is 5.52. The number of pyridine rings is 1. The molecular weight excluding hydrogens is 219 g/mol. The van der Waals surface area contributed by atoms with Gasteiger partial charge in [-0.2, -0.15) is 0 Å². The molecule has 1 aromatic heterocycles. The van der Waals surface area contributed by atoms with Crippen molar-refractivity contribution in [3.8, 4) is 0 Å². The van der Waals surface area contributed by atoms with Crippen LogP contribution < -0.4 is 5.73 Å².